The van der Waals surface area contributed by atoms with Crippen LogP contribution in [0, 0.1) is 11.3 Å². The Morgan fingerprint density at radius 2 is 2.00 bits per heavy atom. The van der Waals surface area contributed by atoms with Gasteiger partial charge in [-0.1, -0.05) is 0 Å². The topological polar surface area (TPSA) is 50.4 Å². The van der Waals surface area contributed by atoms with Gasteiger partial charge in [0.25, 0.3) is 0 Å². The van der Waals surface area contributed by atoms with Gasteiger partial charge in [-0.15, -0.1) is 0 Å². The van der Waals surface area contributed by atoms with Crippen molar-refractivity contribution in [2.45, 2.75) is 45.1 Å². The highest BCUT2D eigenvalue weighted by Gasteiger charge is 2.45. The first-order chi connectivity index (χ1) is 8.50. The van der Waals surface area contributed by atoms with Gasteiger partial charge in [-0.2, -0.15) is 0 Å². The summed E-state index contributed by atoms with van der Waals surface area (Å²) in [6.45, 7) is 6.62. The summed E-state index contributed by atoms with van der Waals surface area (Å²) in [7, 11) is 1.68. The van der Waals surface area contributed by atoms with Crippen LogP contribution in [0.25, 0.3) is 0 Å². The molecule has 4 heteroatoms. The Hall–Kier alpha value is -0.610. The number of methoxy groups -OCH3 is 1. The molecule has 0 radical (unpaired) electrons. The van der Waals surface area contributed by atoms with Crippen molar-refractivity contribution >= 4 is 5.91 Å². The van der Waals surface area contributed by atoms with Gasteiger partial charge in [0.2, 0.25) is 5.91 Å². The Labute approximate surface area is 110 Å². The molecule has 2 rings (SSSR count). The number of amides is 1. The van der Waals surface area contributed by atoms with Crippen LogP contribution < -0.4 is 10.6 Å². The summed E-state index contributed by atoms with van der Waals surface area (Å²) in [6.07, 6.45) is 4.22. The maximum Gasteiger partial charge on any atom is 0.229 e. The molecule has 2 aliphatic rings. The third-order valence-corrected chi connectivity index (χ3v) is 4.50. The van der Waals surface area contributed by atoms with Crippen molar-refractivity contribution in [1.29, 1.82) is 0 Å². The number of rotatable bonds is 5. The summed E-state index contributed by atoms with van der Waals surface area (Å²) >= 11 is 0. The van der Waals surface area contributed by atoms with Gasteiger partial charge in [0, 0.05) is 12.6 Å². The molecule has 2 N–H and O–H groups in total. The molecular weight excluding hydrogens is 228 g/mol. The number of carbonyl (C=O) groups excluding carboxylic acids is 1. The minimum absolute atomic E-state index is 0.0668. The zero-order valence-electron chi connectivity index (χ0n) is 11.8. The minimum atomic E-state index is -0.327. The Bertz CT molecular complexity index is 299. The van der Waals surface area contributed by atoms with Crippen molar-refractivity contribution in [3.8, 4) is 0 Å². The van der Waals surface area contributed by atoms with E-state index in [-0.39, 0.29) is 16.9 Å². The van der Waals surface area contributed by atoms with Gasteiger partial charge in [-0.05, 0) is 58.5 Å². The van der Waals surface area contributed by atoms with E-state index < -0.39 is 0 Å². The zero-order chi connectivity index (χ0) is 13.2. The van der Waals surface area contributed by atoms with E-state index in [1.807, 2.05) is 0 Å². The predicted octanol–water partition coefficient (Wildman–Crippen LogP) is 1.31. The van der Waals surface area contributed by atoms with Crippen LogP contribution in [0.4, 0.5) is 0 Å². The zero-order valence-corrected chi connectivity index (χ0v) is 11.8. The number of nitrogens with one attached hydrogen (secondary N) is 2. The highest BCUT2D eigenvalue weighted by molar-refractivity contribution is 5.83. The molecule has 0 aromatic rings. The van der Waals surface area contributed by atoms with Crippen LogP contribution in [0.5, 0.6) is 0 Å². The predicted molar refractivity (Wildman–Crippen MR) is 71.4 cm³/mol. The number of carbonyl (C=O) groups is 1. The van der Waals surface area contributed by atoms with E-state index in [1.165, 1.54) is 12.8 Å². The van der Waals surface area contributed by atoms with Crippen LogP contribution >= 0.6 is 0 Å². The van der Waals surface area contributed by atoms with Gasteiger partial charge in [0.15, 0.2) is 0 Å². The van der Waals surface area contributed by atoms with Crippen molar-refractivity contribution in [2.75, 3.05) is 26.8 Å². The Balaban J connectivity index is 2.03. The SMILES string of the molecule is COCC1(C(=O)NC(C)(C)C2CC2)CCNCC1. The van der Waals surface area contributed by atoms with Crippen LogP contribution in [0.2, 0.25) is 0 Å². The summed E-state index contributed by atoms with van der Waals surface area (Å²) in [5.41, 5.74) is -0.394. The molecule has 1 saturated heterocycles. The largest absolute Gasteiger partial charge is 0.384 e. The molecule has 1 aliphatic carbocycles. The molecule has 1 amide bonds. The lowest BCUT2D eigenvalue weighted by Gasteiger charge is -2.39. The summed E-state index contributed by atoms with van der Waals surface area (Å²) in [5.74, 6) is 0.838. The molecule has 104 valence electrons. The van der Waals surface area contributed by atoms with E-state index in [2.05, 4.69) is 24.5 Å². The number of piperidine rings is 1. The quantitative estimate of drug-likeness (QED) is 0.777. The number of hydrogen-bond acceptors (Lipinski definition) is 3. The van der Waals surface area contributed by atoms with Gasteiger partial charge in [-0.3, -0.25) is 4.79 Å². The van der Waals surface area contributed by atoms with Crippen LogP contribution in [0.3, 0.4) is 0 Å². The first-order valence-electron chi connectivity index (χ1n) is 7.02. The van der Waals surface area contributed by atoms with E-state index in [1.54, 1.807) is 7.11 Å². The number of hydrogen-bond donors (Lipinski definition) is 2. The number of ether oxygens (including phenoxy) is 1. The Kier molecular flexibility index (Phi) is 3.97. The Morgan fingerprint density at radius 3 is 2.50 bits per heavy atom. The fourth-order valence-electron chi connectivity index (χ4n) is 2.95. The lowest BCUT2D eigenvalue weighted by Crippen LogP contribution is -2.56. The van der Waals surface area contributed by atoms with E-state index >= 15 is 0 Å². The average molecular weight is 254 g/mol. The monoisotopic (exact) mass is 254 g/mol. The van der Waals surface area contributed by atoms with Crippen molar-refractivity contribution in [1.82, 2.24) is 10.6 Å². The third kappa shape index (κ3) is 2.86. The molecule has 2 fully saturated rings. The second-order valence-corrected chi connectivity index (χ2v) is 6.41. The summed E-state index contributed by atoms with van der Waals surface area (Å²) in [5, 5.41) is 6.58. The fraction of sp³-hybridized carbons (Fsp3) is 0.929. The lowest BCUT2D eigenvalue weighted by molar-refractivity contribution is -0.138. The van der Waals surface area contributed by atoms with Gasteiger partial charge in [-0.25, -0.2) is 0 Å². The smallest absolute Gasteiger partial charge is 0.229 e. The Morgan fingerprint density at radius 1 is 1.39 bits per heavy atom. The van der Waals surface area contributed by atoms with Crippen LogP contribution in [0.15, 0.2) is 0 Å². The fourth-order valence-corrected chi connectivity index (χ4v) is 2.95. The second-order valence-electron chi connectivity index (χ2n) is 6.41. The lowest BCUT2D eigenvalue weighted by atomic mass is 9.78. The molecule has 1 heterocycles. The van der Waals surface area contributed by atoms with Gasteiger partial charge >= 0.3 is 0 Å². The van der Waals surface area contributed by atoms with Crippen LogP contribution in [0.1, 0.15) is 39.5 Å². The summed E-state index contributed by atoms with van der Waals surface area (Å²) < 4.78 is 5.31. The third-order valence-electron chi connectivity index (χ3n) is 4.50. The van der Waals surface area contributed by atoms with Crippen molar-refractivity contribution in [3.63, 3.8) is 0 Å². The van der Waals surface area contributed by atoms with Crippen LogP contribution in [-0.4, -0.2) is 38.3 Å². The first-order valence-corrected chi connectivity index (χ1v) is 7.02. The average Bonchev–Trinajstić information content (AvgIpc) is 3.14. The van der Waals surface area contributed by atoms with Crippen molar-refractivity contribution in [2.24, 2.45) is 11.3 Å². The molecule has 0 aromatic heterocycles. The van der Waals surface area contributed by atoms with Gasteiger partial charge < -0.3 is 15.4 Å². The molecule has 1 aliphatic heterocycles. The molecule has 0 bridgehead atoms. The maximum atomic E-state index is 12.6. The molecule has 1 saturated carbocycles. The van der Waals surface area contributed by atoms with E-state index in [0.29, 0.717) is 12.5 Å². The highest BCUT2D eigenvalue weighted by atomic mass is 16.5. The molecular formula is C14H26N2O2. The normalized spacial score (nSPS) is 23.7. The van der Waals surface area contributed by atoms with Gasteiger partial charge in [0.1, 0.15) is 0 Å². The van der Waals surface area contributed by atoms with E-state index in [9.17, 15) is 4.79 Å². The standard InChI is InChI=1S/C14H26N2O2/c1-13(2,11-4-5-11)16-12(17)14(10-18-3)6-8-15-9-7-14/h11,15H,4-10H2,1-3H3,(H,16,17). The van der Waals surface area contributed by atoms with Gasteiger partial charge in [0.05, 0.1) is 12.0 Å². The van der Waals surface area contributed by atoms with E-state index in [0.717, 1.165) is 25.9 Å². The van der Waals surface area contributed by atoms with E-state index in [4.69, 9.17) is 4.74 Å². The maximum absolute atomic E-state index is 12.6. The second kappa shape index (κ2) is 5.17. The summed E-state index contributed by atoms with van der Waals surface area (Å²) in [4.78, 5) is 12.6. The van der Waals surface area contributed by atoms with Crippen LogP contribution in [-0.2, 0) is 9.53 Å². The molecule has 0 spiro atoms. The molecule has 0 unspecified atom stereocenters. The molecule has 0 aromatic carbocycles. The minimum Gasteiger partial charge on any atom is -0.384 e. The van der Waals surface area contributed by atoms with Crippen molar-refractivity contribution in [3.05, 3.63) is 0 Å². The van der Waals surface area contributed by atoms with Crippen molar-refractivity contribution < 1.29 is 9.53 Å². The highest BCUT2D eigenvalue weighted by Crippen LogP contribution is 2.40. The first kappa shape index (κ1) is 13.8. The molecule has 18 heavy (non-hydrogen) atoms. The molecule has 0 atom stereocenters. The summed E-state index contributed by atoms with van der Waals surface area (Å²) in [6, 6.07) is 0. The molecule has 4 nitrogen and oxygen atoms in total.